The minimum Gasteiger partial charge on any atom is -0.451 e. The molecule has 3 aromatic rings. The van der Waals surface area contributed by atoms with Crippen molar-refractivity contribution in [2.45, 2.75) is 13.8 Å². The predicted molar refractivity (Wildman–Crippen MR) is 98.8 cm³/mol. The van der Waals surface area contributed by atoms with Gasteiger partial charge in [0.25, 0.3) is 5.91 Å². The van der Waals surface area contributed by atoms with Gasteiger partial charge in [0.2, 0.25) is 0 Å². The zero-order valence-electron chi connectivity index (χ0n) is 14.4. The summed E-state index contributed by atoms with van der Waals surface area (Å²) in [7, 11) is 0. The third-order valence-electron chi connectivity index (χ3n) is 3.75. The minimum absolute atomic E-state index is 0.135. The summed E-state index contributed by atoms with van der Waals surface area (Å²) in [5.74, 6) is -3.11. The molecule has 2 aromatic heterocycles. The van der Waals surface area contributed by atoms with Crippen molar-refractivity contribution in [3.63, 3.8) is 0 Å². The maximum Gasteiger partial charge on any atom is 0.351 e. The summed E-state index contributed by atoms with van der Waals surface area (Å²) in [6.45, 7) is 3.01. The minimum atomic E-state index is -0.808. The average Bonchev–Trinajstić information content (AvgIpc) is 2.92. The van der Waals surface area contributed by atoms with E-state index in [-0.39, 0.29) is 16.3 Å². The van der Waals surface area contributed by atoms with Crippen LogP contribution < -0.4 is 11.1 Å². The van der Waals surface area contributed by atoms with Crippen molar-refractivity contribution < 1.29 is 23.1 Å². The Hall–Kier alpha value is -3.07. The number of halogens is 2. The van der Waals surface area contributed by atoms with E-state index < -0.39 is 30.1 Å². The first-order chi connectivity index (χ1) is 12.8. The van der Waals surface area contributed by atoms with Gasteiger partial charge >= 0.3 is 5.97 Å². The number of carbonyl (C=O) groups is 2. The van der Waals surface area contributed by atoms with Crippen LogP contribution in [0.25, 0.3) is 10.2 Å². The van der Waals surface area contributed by atoms with Crippen molar-refractivity contribution >= 4 is 44.8 Å². The number of anilines is 2. The number of fused-ring (bicyclic) bond motifs is 1. The number of carbonyl (C=O) groups excluding carboxylic acids is 2. The third-order valence-corrected chi connectivity index (χ3v) is 4.83. The number of aromatic nitrogens is 1. The molecule has 0 unspecified atom stereocenters. The summed E-state index contributed by atoms with van der Waals surface area (Å²) in [6.07, 6.45) is 0. The number of nitrogens with zero attached hydrogens (tertiary/aromatic N) is 1. The molecule has 0 aliphatic heterocycles. The molecule has 6 nitrogen and oxygen atoms in total. The van der Waals surface area contributed by atoms with Crippen molar-refractivity contribution in [2.75, 3.05) is 17.7 Å². The van der Waals surface area contributed by atoms with Crippen LogP contribution in [0.1, 0.15) is 20.9 Å². The molecule has 0 aliphatic rings. The molecule has 0 fully saturated rings. The van der Waals surface area contributed by atoms with E-state index in [0.717, 1.165) is 40.8 Å². The van der Waals surface area contributed by atoms with Gasteiger partial charge in [-0.15, -0.1) is 11.3 Å². The molecule has 3 rings (SSSR count). The van der Waals surface area contributed by atoms with Crippen molar-refractivity contribution in [1.82, 2.24) is 4.98 Å². The normalized spacial score (nSPS) is 10.8. The number of ether oxygens (including phenoxy) is 1. The molecule has 27 heavy (non-hydrogen) atoms. The predicted octanol–water partition coefficient (Wildman–Crippen LogP) is 3.57. The number of hydrogen-bond donors (Lipinski definition) is 2. The lowest BCUT2D eigenvalue weighted by molar-refractivity contribution is -0.119. The molecule has 0 radical (unpaired) electrons. The SMILES string of the molecule is Cc1cc(C)c2c(N)c(C(=O)OCC(=O)Nc3cc(F)ccc3F)sc2n1. The molecule has 0 saturated heterocycles. The van der Waals surface area contributed by atoms with Crippen LogP contribution in [0.4, 0.5) is 20.2 Å². The molecule has 1 aromatic carbocycles. The highest BCUT2D eigenvalue weighted by Crippen LogP contribution is 2.35. The van der Waals surface area contributed by atoms with Crippen molar-refractivity contribution in [2.24, 2.45) is 0 Å². The highest BCUT2D eigenvalue weighted by Gasteiger charge is 2.21. The van der Waals surface area contributed by atoms with E-state index in [1.54, 1.807) is 0 Å². The summed E-state index contributed by atoms with van der Waals surface area (Å²) in [5.41, 5.74) is 7.60. The van der Waals surface area contributed by atoms with Gasteiger partial charge < -0.3 is 15.8 Å². The number of rotatable bonds is 4. The topological polar surface area (TPSA) is 94.3 Å². The molecular formula is C18H15F2N3O3S. The zero-order valence-corrected chi connectivity index (χ0v) is 15.2. The quantitative estimate of drug-likeness (QED) is 0.663. The zero-order chi connectivity index (χ0) is 19.7. The molecule has 0 atom stereocenters. The largest absolute Gasteiger partial charge is 0.451 e. The Morgan fingerprint density at radius 3 is 2.74 bits per heavy atom. The second kappa shape index (κ2) is 7.28. The van der Waals surface area contributed by atoms with Crippen molar-refractivity contribution in [3.8, 4) is 0 Å². The first-order valence-corrected chi connectivity index (χ1v) is 8.66. The summed E-state index contributed by atoms with van der Waals surface area (Å²) < 4.78 is 31.6. The van der Waals surface area contributed by atoms with Gasteiger partial charge in [-0.1, -0.05) is 0 Å². The number of aryl methyl sites for hydroxylation is 2. The Bertz CT molecular complexity index is 1070. The van der Waals surface area contributed by atoms with Crippen LogP contribution >= 0.6 is 11.3 Å². The number of hydrogen-bond acceptors (Lipinski definition) is 6. The summed E-state index contributed by atoms with van der Waals surface area (Å²) in [6, 6.07) is 4.48. The molecule has 0 bridgehead atoms. The molecular weight excluding hydrogens is 376 g/mol. The lowest BCUT2D eigenvalue weighted by atomic mass is 10.1. The van der Waals surface area contributed by atoms with E-state index in [1.807, 2.05) is 19.9 Å². The monoisotopic (exact) mass is 391 g/mol. The fourth-order valence-corrected chi connectivity index (χ4v) is 3.71. The summed E-state index contributed by atoms with van der Waals surface area (Å²) in [4.78, 5) is 29.2. The molecule has 1 amide bonds. The fraction of sp³-hybridized carbons (Fsp3) is 0.167. The second-order valence-corrected chi connectivity index (χ2v) is 6.85. The molecule has 0 spiro atoms. The lowest BCUT2D eigenvalue weighted by Gasteiger charge is -2.07. The Morgan fingerprint density at radius 2 is 2.00 bits per heavy atom. The molecule has 9 heteroatoms. The number of nitrogens with two attached hydrogens (primary N) is 1. The van der Waals surface area contributed by atoms with Crippen molar-refractivity contribution in [1.29, 1.82) is 0 Å². The first kappa shape index (κ1) is 18.7. The Balaban J connectivity index is 1.71. The van der Waals surface area contributed by atoms with E-state index in [4.69, 9.17) is 10.5 Å². The second-order valence-electron chi connectivity index (χ2n) is 5.85. The van der Waals surface area contributed by atoms with E-state index >= 15 is 0 Å². The highest BCUT2D eigenvalue weighted by atomic mass is 32.1. The standard InChI is InChI=1S/C18H15F2N3O3S/c1-8-5-9(2)22-17-14(8)15(21)16(27-17)18(25)26-7-13(24)23-12-6-10(19)3-4-11(12)20/h3-6H,7,21H2,1-2H3,(H,23,24). The number of esters is 1. The average molecular weight is 391 g/mol. The van der Waals surface area contributed by atoms with Crippen LogP contribution in [0, 0.1) is 25.5 Å². The van der Waals surface area contributed by atoms with Crippen LogP contribution in [0.5, 0.6) is 0 Å². The molecule has 0 aliphatic carbocycles. The number of nitrogens with one attached hydrogen (secondary N) is 1. The lowest BCUT2D eigenvalue weighted by Crippen LogP contribution is -2.21. The highest BCUT2D eigenvalue weighted by molar-refractivity contribution is 7.21. The number of nitrogen functional groups attached to an aromatic ring is 1. The van der Waals surface area contributed by atoms with Gasteiger partial charge in [-0.05, 0) is 37.6 Å². The Morgan fingerprint density at radius 1 is 1.26 bits per heavy atom. The number of amides is 1. The molecule has 2 heterocycles. The van der Waals surface area contributed by atoms with Crippen LogP contribution in [-0.4, -0.2) is 23.5 Å². The van der Waals surface area contributed by atoms with E-state index in [0.29, 0.717) is 10.2 Å². The van der Waals surface area contributed by atoms with Crippen LogP contribution in [0.3, 0.4) is 0 Å². The van der Waals surface area contributed by atoms with Crippen LogP contribution in [-0.2, 0) is 9.53 Å². The van der Waals surface area contributed by atoms with Crippen molar-refractivity contribution in [3.05, 3.63) is 52.0 Å². The Kier molecular flexibility index (Phi) is 5.04. The van der Waals surface area contributed by atoms with Crippen LogP contribution in [0.15, 0.2) is 24.3 Å². The van der Waals surface area contributed by atoms with Gasteiger partial charge in [0.05, 0.1) is 11.4 Å². The first-order valence-electron chi connectivity index (χ1n) is 7.84. The Labute approximate surface area is 157 Å². The maximum atomic E-state index is 13.5. The van der Waals surface area contributed by atoms with Gasteiger partial charge in [0, 0.05) is 17.1 Å². The fourth-order valence-electron chi connectivity index (χ4n) is 2.60. The van der Waals surface area contributed by atoms with Gasteiger partial charge in [-0.3, -0.25) is 4.79 Å². The maximum absolute atomic E-state index is 13.5. The summed E-state index contributed by atoms with van der Waals surface area (Å²) >= 11 is 1.07. The van der Waals surface area contributed by atoms with E-state index in [2.05, 4.69) is 10.3 Å². The van der Waals surface area contributed by atoms with Gasteiger partial charge in [0.15, 0.2) is 6.61 Å². The van der Waals surface area contributed by atoms with Gasteiger partial charge in [-0.25, -0.2) is 18.6 Å². The number of benzene rings is 1. The number of thiophene rings is 1. The summed E-state index contributed by atoms with van der Waals surface area (Å²) in [5, 5.41) is 2.81. The van der Waals surface area contributed by atoms with Gasteiger partial charge in [-0.2, -0.15) is 0 Å². The smallest absolute Gasteiger partial charge is 0.351 e. The molecule has 3 N–H and O–H groups in total. The number of pyridine rings is 1. The molecule has 140 valence electrons. The third kappa shape index (κ3) is 3.87. The van der Waals surface area contributed by atoms with Crippen LogP contribution in [0.2, 0.25) is 0 Å². The van der Waals surface area contributed by atoms with E-state index in [9.17, 15) is 18.4 Å². The molecule has 0 saturated carbocycles. The van der Waals surface area contributed by atoms with Gasteiger partial charge in [0.1, 0.15) is 21.3 Å². The van der Waals surface area contributed by atoms with E-state index in [1.165, 1.54) is 0 Å².